The quantitative estimate of drug-likeness (QED) is 0.924. The topological polar surface area (TPSA) is 28.2 Å². The Balaban J connectivity index is 1.81. The van der Waals surface area contributed by atoms with Gasteiger partial charge in [0.15, 0.2) is 0 Å². The molecule has 0 aromatic carbocycles. The number of nitrogens with zero attached hydrogens (tertiary/aromatic N) is 2. The van der Waals surface area contributed by atoms with Gasteiger partial charge in [-0.3, -0.25) is 4.90 Å². The van der Waals surface area contributed by atoms with Crippen molar-refractivity contribution in [3.05, 3.63) is 15.6 Å². The van der Waals surface area contributed by atoms with Crippen molar-refractivity contribution in [2.24, 2.45) is 5.41 Å². The summed E-state index contributed by atoms with van der Waals surface area (Å²) in [6.45, 7) is 11.7. The van der Waals surface area contributed by atoms with E-state index in [1.165, 1.54) is 55.9 Å². The number of rotatable bonds is 4. The van der Waals surface area contributed by atoms with Crippen LogP contribution >= 0.6 is 11.3 Å². The van der Waals surface area contributed by atoms with Gasteiger partial charge in [0.2, 0.25) is 0 Å². The minimum absolute atomic E-state index is 0.464. The molecule has 2 heterocycles. The van der Waals surface area contributed by atoms with E-state index in [2.05, 4.69) is 31.0 Å². The third-order valence-corrected chi connectivity index (χ3v) is 6.11. The van der Waals surface area contributed by atoms with E-state index in [0.717, 1.165) is 13.1 Å². The maximum atomic E-state index is 5.07. The summed E-state index contributed by atoms with van der Waals surface area (Å²) >= 11 is 2.01. The van der Waals surface area contributed by atoms with Crippen LogP contribution in [0.1, 0.15) is 61.7 Å². The van der Waals surface area contributed by atoms with Crippen molar-refractivity contribution in [3.63, 3.8) is 0 Å². The lowest BCUT2D eigenvalue weighted by Gasteiger charge is -2.33. The minimum Gasteiger partial charge on any atom is -0.314 e. The molecule has 1 unspecified atom stereocenters. The molecule has 2 aliphatic rings. The Morgan fingerprint density at radius 1 is 1.33 bits per heavy atom. The van der Waals surface area contributed by atoms with Gasteiger partial charge >= 0.3 is 0 Å². The van der Waals surface area contributed by atoms with Gasteiger partial charge in [-0.05, 0) is 31.1 Å². The van der Waals surface area contributed by atoms with E-state index in [-0.39, 0.29) is 0 Å². The molecule has 1 fully saturated rings. The van der Waals surface area contributed by atoms with Crippen LogP contribution in [0.4, 0.5) is 0 Å². The third kappa shape index (κ3) is 3.49. The normalized spacial score (nSPS) is 23.8. The van der Waals surface area contributed by atoms with Gasteiger partial charge < -0.3 is 5.32 Å². The molecule has 0 radical (unpaired) electrons. The van der Waals surface area contributed by atoms with E-state index in [1.807, 2.05) is 11.3 Å². The molecule has 1 saturated heterocycles. The summed E-state index contributed by atoms with van der Waals surface area (Å²) in [6, 6.07) is 0.552. The lowest BCUT2D eigenvalue weighted by Crippen LogP contribution is -2.45. The first-order valence-electron chi connectivity index (χ1n) is 8.52. The maximum absolute atomic E-state index is 5.07. The van der Waals surface area contributed by atoms with Crippen molar-refractivity contribution in [1.29, 1.82) is 0 Å². The molecular formula is C17H29N3S. The Labute approximate surface area is 133 Å². The summed E-state index contributed by atoms with van der Waals surface area (Å²) in [5.41, 5.74) is 1.87. The van der Waals surface area contributed by atoms with Crippen LogP contribution in [0.2, 0.25) is 0 Å². The SMILES string of the molecule is CCCC(c1nc2c(s1)CC(C)(C)CC2)N1CCNCC1. The van der Waals surface area contributed by atoms with Crippen molar-refractivity contribution < 1.29 is 0 Å². The Kier molecular flexibility index (Phi) is 4.67. The fourth-order valence-corrected chi connectivity index (χ4v) is 5.13. The van der Waals surface area contributed by atoms with Gasteiger partial charge in [0.05, 0.1) is 11.7 Å². The average molecular weight is 308 g/mol. The Bertz CT molecular complexity index is 474. The third-order valence-electron chi connectivity index (χ3n) is 4.91. The van der Waals surface area contributed by atoms with Crippen LogP contribution < -0.4 is 5.32 Å². The largest absolute Gasteiger partial charge is 0.314 e. The van der Waals surface area contributed by atoms with Crippen molar-refractivity contribution >= 4 is 11.3 Å². The van der Waals surface area contributed by atoms with Gasteiger partial charge in [-0.15, -0.1) is 11.3 Å². The number of fused-ring (bicyclic) bond motifs is 1. The van der Waals surface area contributed by atoms with Crippen molar-refractivity contribution in [3.8, 4) is 0 Å². The van der Waals surface area contributed by atoms with Gasteiger partial charge in [0, 0.05) is 31.1 Å². The second kappa shape index (κ2) is 6.35. The van der Waals surface area contributed by atoms with Crippen LogP contribution in [0.15, 0.2) is 0 Å². The van der Waals surface area contributed by atoms with Gasteiger partial charge in [0.1, 0.15) is 5.01 Å². The molecule has 118 valence electrons. The van der Waals surface area contributed by atoms with Crippen molar-refractivity contribution in [2.75, 3.05) is 26.2 Å². The Morgan fingerprint density at radius 2 is 2.10 bits per heavy atom. The fraction of sp³-hybridized carbons (Fsp3) is 0.824. The standard InChI is InChI=1S/C17H29N3S/c1-4-5-14(20-10-8-18-9-11-20)16-19-13-6-7-17(2,3)12-15(13)21-16/h14,18H,4-12H2,1-3H3. The summed E-state index contributed by atoms with van der Waals surface area (Å²) < 4.78 is 0. The first-order valence-corrected chi connectivity index (χ1v) is 9.34. The predicted octanol–water partition coefficient (Wildman–Crippen LogP) is 3.40. The molecule has 1 aliphatic carbocycles. The van der Waals surface area contributed by atoms with E-state index >= 15 is 0 Å². The number of hydrogen-bond acceptors (Lipinski definition) is 4. The van der Waals surface area contributed by atoms with E-state index < -0.39 is 0 Å². The highest BCUT2D eigenvalue weighted by Crippen LogP contribution is 2.40. The molecule has 1 aliphatic heterocycles. The number of nitrogens with one attached hydrogen (secondary N) is 1. The molecule has 21 heavy (non-hydrogen) atoms. The first-order chi connectivity index (χ1) is 10.1. The second-order valence-electron chi connectivity index (χ2n) is 7.35. The number of aromatic nitrogens is 1. The van der Waals surface area contributed by atoms with Crippen LogP contribution in [0.3, 0.4) is 0 Å². The minimum atomic E-state index is 0.464. The number of piperazine rings is 1. The van der Waals surface area contributed by atoms with E-state index in [1.54, 1.807) is 4.88 Å². The maximum Gasteiger partial charge on any atom is 0.110 e. The molecule has 3 nitrogen and oxygen atoms in total. The molecule has 3 rings (SSSR count). The lowest BCUT2D eigenvalue weighted by atomic mass is 9.79. The molecular weight excluding hydrogens is 278 g/mol. The number of aryl methyl sites for hydroxylation is 1. The highest BCUT2D eigenvalue weighted by atomic mass is 32.1. The second-order valence-corrected chi connectivity index (χ2v) is 8.47. The highest BCUT2D eigenvalue weighted by Gasteiger charge is 2.31. The van der Waals surface area contributed by atoms with Gasteiger partial charge in [-0.2, -0.15) is 0 Å². The molecule has 1 atom stereocenters. The summed E-state index contributed by atoms with van der Waals surface area (Å²) in [6.07, 6.45) is 6.18. The molecule has 1 aromatic heterocycles. The van der Waals surface area contributed by atoms with Gasteiger partial charge in [-0.1, -0.05) is 27.2 Å². The first kappa shape index (κ1) is 15.4. The smallest absolute Gasteiger partial charge is 0.110 e. The number of thiazole rings is 1. The van der Waals surface area contributed by atoms with E-state index in [0.29, 0.717) is 11.5 Å². The summed E-state index contributed by atoms with van der Waals surface area (Å²) in [5, 5.41) is 4.85. The van der Waals surface area contributed by atoms with Gasteiger partial charge in [0.25, 0.3) is 0 Å². The predicted molar refractivity (Wildman–Crippen MR) is 90.0 cm³/mol. The van der Waals surface area contributed by atoms with Crippen LogP contribution in [-0.2, 0) is 12.8 Å². The molecule has 0 amide bonds. The molecule has 1 aromatic rings. The summed E-state index contributed by atoms with van der Waals surface area (Å²) in [7, 11) is 0. The zero-order valence-electron chi connectivity index (χ0n) is 13.7. The Hall–Kier alpha value is -0.450. The van der Waals surface area contributed by atoms with Crippen LogP contribution in [0.25, 0.3) is 0 Å². The molecule has 0 saturated carbocycles. The zero-order chi connectivity index (χ0) is 14.9. The Morgan fingerprint density at radius 3 is 2.81 bits per heavy atom. The zero-order valence-corrected chi connectivity index (χ0v) is 14.6. The molecule has 0 spiro atoms. The molecule has 0 bridgehead atoms. The van der Waals surface area contributed by atoms with Crippen LogP contribution in [-0.4, -0.2) is 36.1 Å². The fourth-order valence-electron chi connectivity index (χ4n) is 3.59. The molecule has 1 N–H and O–H groups in total. The van der Waals surface area contributed by atoms with Gasteiger partial charge in [-0.25, -0.2) is 4.98 Å². The summed E-state index contributed by atoms with van der Waals surface area (Å²) in [4.78, 5) is 9.28. The van der Waals surface area contributed by atoms with Crippen LogP contribution in [0.5, 0.6) is 0 Å². The van der Waals surface area contributed by atoms with E-state index in [9.17, 15) is 0 Å². The summed E-state index contributed by atoms with van der Waals surface area (Å²) in [5.74, 6) is 0. The monoisotopic (exact) mass is 307 g/mol. The molecule has 4 heteroatoms. The number of hydrogen-bond donors (Lipinski definition) is 1. The average Bonchev–Trinajstić information content (AvgIpc) is 2.87. The van der Waals surface area contributed by atoms with Crippen molar-refractivity contribution in [1.82, 2.24) is 15.2 Å². The van der Waals surface area contributed by atoms with Crippen molar-refractivity contribution in [2.45, 2.75) is 58.9 Å². The van der Waals surface area contributed by atoms with Crippen LogP contribution in [0, 0.1) is 5.41 Å². The highest BCUT2D eigenvalue weighted by molar-refractivity contribution is 7.11. The lowest BCUT2D eigenvalue weighted by molar-refractivity contribution is 0.164. The van der Waals surface area contributed by atoms with E-state index in [4.69, 9.17) is 4.98 Å².